The molecular weight excluding hydrogens is 509 g/mol. The highest BCUT2D eigenvalue weighted by Crippen LogP contribution is 2.34. The number of carbonyl (C=O) groups excluding carboxylic acids is 1. The number of methoxy groups -OCH3 is 1. The van der Waals surface area contributed by atoms with Crippen molar-refractivity contribution in [2.75, 3.05) is 12.4 Å². The lowest BCUT2D eigenvalue weighted by atomic mass is 10.0. The van der Waals surface area contributed by atoms with Crippen molar-refractivity contribution in [3.05, 3.63) is 72.9 Å². The summed E-state index contributed by atoms with van der Waals surface area (Å²) in [5.41, 5.74) is 6.33. The molecule has 0 bridgehead atoms. The van der Waals surface area contributed by atoms with Crippen LogP contribution < -0.4 is 10.1 Å². The van der Waals surface area contributed by atoms with E-state index in [1.54, 1.807) is 30.7 Å². The van der Waals surface area contributed by atoms with Crippen molar-refractivity contribution in [3.63, 3.8) is 0 Å². The number of nitrogens with one attached hydrogen (secondary N) is 3. The van der Waals surface area contributed by atoms with E-state index in [9.17, 15) is 9.18 Å². The standard InChI is InChI=1S/C30H26FN7O2/c1-16(2)8-26(39)34-21-10-19(14-32-15-21)17-4-5-25-24(12-17)28(38-37-25)30-35-27-23(6-7-33-29(27)36-30)18-9-20(31)13-22(11-18)40-3/h4-7,9-16H,8H2,1-3H3,(H,34,39)(H,37,38)(H,33,35,36). The quantitative estimate of drug-likeness (QED) is 0.219. The van der Waals surface area contributed by atoms with Crippen LogP contribution >= 0.6 is 0 Å². The van der Waals surface area contributed by atoms with Crippen LogP contribution in [0, 0.1) is 11.7 Å². The van der Waals surface area contributed by atoms with Crippen molar-refractivity contribution >= 4 is 33.7 Å². The summed E-state index contributed by atoms with van der Waals surface area (Å²) in [6.45, 7) is 4.01. The third kappa shape index (κ3) is 4.86. The molecule has 0 spiro atoms. The summed E-state index contributed by atoms with van der Waals surface area (Å²) in [5, 5.41) is 11.4. The first kappa shape index (κ1) is 25.2. The molecule has 0 unspecified atom stereocenters. The molecule has 10 heteroatoms. The van der Waals surface area contributed by atoms with Crippen LogP contribution in [0.2, 0.25) is 0 Å². The Labute approximate surface area is 228 Å². The van der Waals surface area contributed by atoms with Gasteiger partial charge in [-0.1, -0.05) is 19.9 Å². The molecule has 0 saturated heterocycles. The molecule has 0 aliphatic rings. The number of pyridine rings is 2. The lowest BCUT2D eigenvalue weighted by Crippen LogP contribution is -2.13. The van der Waals surface area contributed by atoms with Crippen LogP contribution in [-0.2, 0) is 4.79 Å². The van der Waals surface area contributed by atoms with Gasteiger partial charge in [0.2, 0.25) is 5.91 Å². The maximum Gasteiger partial charge on any atom is 0.224 e. The van der Waals surface area contributed by atoms with E-state index in [-0.39, 0.29) is 11.8 Å². The van der Waals surface area contributed by atoms with Gasteiger partial charge in [0.05, 0.1) is 24.5 Å². The second-order valence-corrected chi connectivity index (χ2v) is 9.96. The summed E-state index contributed by atoms with van der Waals surface area (Å²) >= 11 is 0. The van der Waals surface area contributed by atoms with E-state index in [1.165, 1.54) is 19.2 Å². The number of H-pyrrole nitrogens is 2. The molecule has 4 aromatic heterocycles. The number of aromatic amines is 2. The van der Waals surface area contributed by atoms with Crippen molar-refractivity contribution in [3.8, 4) is 39.5 Å². The number of carbonyl (C=O) groups is 1. The Morgan fingerprint density at radius 2 is 1.93 bits per heavy atom. The number of hydrogen-bond acceptors (Lipinski definition) is 6. The number of halogens is 1. The minimum absolute atomic E-state index is 0.0453. The number of imidazole rings is 1. The molecule has 6 rings (SSSR count). The molecule has 2 aromatic carbocycles. The van der Waals surface area contributed by atoms with Gasteiger partial charge in [-0.3, -0.25) is 14.9 Å². The fourth-order valence-electron chi connectivity index (χ4n) is 4.71. The lowest BCUT2D eigenvalue weighted by molar-refractivity contribution is -0.116. The number of hydrogen-bond donors (Lipinski definition) is 3. The molecule has 4 heterocycles. The van der Waals surface area contributed by atoms with Crippen LogP contribution in [0.5, 0.6) is 5.75 Å². The van der Waals surface area contributed by atoms with Crippen molar-refractivity contribution in [2.24, 2.45) is 5.92 Å². The van der Waals surface area contributed by atoms with Crippen LogP contribution in [0.1, 0.15) is 20.3 Å². The first-order valence-corrected chi connectivity index (χ1v) is 12.8. The van der Waals surface area contributed by atoms with Gasteiger partial charge < -0.3 is 15.0 Å². The SMILES string of the molecule is COc1cc(F)cc(-c2ccnc3[nH]c(-c4n[nH]c5ccc(-c6cncc(NC(=O)CC(C)C)c6)cc45)nc23)c1. The Bertz CT molecular complexity index is 1880. The first-order chi connectivity index (χ1) is 19.4. The zero-order chi connectivity index (χ0) is 27.8. The number of fused-ring (bicyclic) bond motifs is 2. The van der Waals surface area contributed by atoms with Crippen LogP contribution in [0.4, 0.5) is 10.1 Å². The van der Waals surface area contributed by atoms with Crippen molar-refractivity contribution in [1.29, 1.82) is 0 Å². The molecule has 0 fully saturated rings. The third-order valence-corrected chi connectivity index (χ3v) is 6.54. The number of amides is 1. The van der Waals surface area contributed by atoms with E-state index in [4.69, 9.17) is 9.72 Å². The molecule has 0 saturated carbocycles. The van der Waals surface area contributed by atoms with Gasteiger partial charge in [0.25, 0.3) is 0 Å². The van der Waals surface area contributed by atoms with Gasteiger partial charge in [0, 0.05) is 41.4 Å². The number of rotatable bonds is 7. The highest BCUT2D eigenvalue weighted by atomic mass is 19.1. The zero-order valence-electron chi connectivity index (χ0n) is 22.1. The van der Waals surface area contributed by atoms with Crippen molar-refractivity contribution < 1.29 is 13.9 Å². The fourth-order valence-corrected chi connectivity index (χ4v) is 4.71. The second-order valence-electron chi connectivity index (χ2n) is 9.96. The molecule has 40 heavy (non-hydrogen) atoms. The first-order valence-electron chi connectivity index (χ1n) is 12.8. The largest absolute Gasteiger partial charge is 0.497 e. The van der Waals surface area contributed by atoms with Crippen molar-refractivity contribution in [2.45, 2.75) is 20.3 Å². The summed E-state index contributed by atoms with van der Waals surface area (Å²) in [5.74, 6) is 0.753. The number of benzene rings is 2. The molecule has 0 aliphatic carbocycles. The van der Waals surface area contributed by atoms with E-state index < -0.39 is 5.82 Å². The Hall–Kier alpha value is -5.12. The van der Waals surface area contributed by atoms with E-state index in [0.29, 0.717) is 51.7 Å². The number of ether oxygens (including phenoxy) is 1. The maximum absolute atomic E-state index is 14.3. The second kappa shape index (κ2) is 10.2. The maximum atomic E-state index is 14.3. The highest BCUT2D eigenvalue weighted by molar-refractivity contribution is 5.98. The van der Waals surface area contributed by atoms with Gasteiger partial charge in [0.15, 0.2) is 11.5 Å². The number of nitrogens with zero attached hydrogens (tertiary/aromatic N) is 4. The van der Waals surface area contributed by atoms with E-state index >= 15 is 0 Å². The zero-order valence-corrected chi connectivity index (χ0v) is 22.1. The Morgan fingerprint density at radius 3 is 2.75 bits per heavy atom. The molecule has 200 valence electrons. The topological polar surface area (TPSA) is 121 Å². The Kier molecular flexibility index (Phi) is 6.43. The van der Waals surface area contributed by atoms with E-state index in [2.05, 4.69) is 30.5 Å². The predicted molar refractivity (Wildman–Crippen MR) is 152 cm³/mol. The normalized spacial score (nSPS) is 11.4. The molecule has 0 aliphatic heterocycles. The molecule has 0 radical (unpaired) electrons. The predicted octanol–water partition coefficient (Wildman–Crippen LogP) is 6.36. The van der Waals surface area contributed by atoms with Gasteiger partial charge in [-0.2, -0.15) is 5.10 Å². The van der Waals surface area contributed by atoms with E-state index in [0.717, 1.165) is 22.0 Å². The number of aromatic nitrogens is 6. The van der Waals surface area contributed by atoms with Gasteiger partial charge in [-0.15, -0.1) is 0 Å². The van der Waals surface area contributed by atoms with Crippen LogP contribution in [0.15, 0.2) is 67.1 Å². The number of anilines is 1. The summed E-state index contributed by atoms with van der Waals surface area (Å²) in [4.78, 5) is 29.1. The third-order valence-electron chi connectivity index (χ3n) is 6.54. The molecular formula is C30H26FN7O2. The minimum Gasteiger partial charge on any atom is -0.497 e. The Morgan fingerprint density at radius 1 is 1.05 bits per heavy atom. The summed E-state index contributed by atoms with van der Waals surface area (Å²) in [7, 11) is 1.50. The van der Waals surface area contributed by atoms with Crippen LogP contribution in [0.25, 0.3) is 55.8 Å². The highest BCUT2D eigenvalue weighted by Gasteiger charge is 2.17. The minimum atomic E-state index is -0.404. The van der Waals surface area contributed by atoms with Crippen molar-refractivity contribution in [1.82, 2.24) is 30.1 Å². The van der Waals surface area contributed by atoms with Crippen LogP contribution in [-0.4, -0.2) is 43.2 Å². The summed E-state index contributed by atoms with van der Waals surface area (Å²) in [6, 6.07) is 14.1. The van der Waals surface area contributed by atoms with Gasteiger partial charge in [-0.25, -0.2) is 14.4 Å². The lowest BCUT2D eigenvalue weighted by Gasteiger charge is -2.09. The average molecular weight is 536 g/mol. The summed E-state index contributed by atoms with van der Waals surface area (Å²) < 4.78 is 19.5. The molecule has 6 aromatic rings. The van der Waals surface area contributed by atoms with E-state index in [1.807, 2.05) is 38.1 Å². The molecule has 1 amide bonds. The molecule has 0 atom stereocenters. The van der Waals surface area contributed by atoms with Gasteiger partial charge in [-0.05, 0) is 53.4 Å². The molecule has 3 N–H and O–H groups in total. The smallest absolute Gasteiger partial charge is 0.224 e. The van der Waals surface area contributed by atoms with Gasteiger partial charge >= 0.3 is 0 Å². The fraction of sp³-hybridized carbons (Fsp3) is 0.167. The molecule has 9 nitrogen and oxygen atoms in total. The Balaban J connectivity index is 1.38. The summed E-state index contributed by atoms with van der Waals surface area (Å²) in [6.07, 6.45) is 5.48. The van der Waals surface area contributed by atoms with Crippen LogP contribution in [0.3, 0.4) is 0 Å². The monoisotopic (exact) mass is 535 g/mol. The average Bonchev–Trinajstić information content (AvgIpc) is 3.56. The van der Waals surface area contributed by atoms with Gasteiger partial charge in [0.1, 0.15) is 22.8 Å².